The van der Waals surface area contributed by atoms with Gasteiger partial charge in [0, 0.05) is 12.5 Å². The van der Waals surface area contributed by atoms with Crippen molar-refractivity contribution >= 4 is 16.8 Å². The molecule has 0 saturated heterocycles. The van der Waals surface area contributed by atoms with Crippen molar-refractivity contribution < 1.29 is 29.6 Å². The van der Waals surface area contributed by atoms with Crippen molar-refractivity contribution in [2.45, 2.75) is 117 Å². The Bertz CT molecular complexity index is 1700. The van der Waals surface area contributed by atoms with Crippen molar-refractivity contribution in [3.63, 3.8) is 0 Å². The van der Waals surface area contributed by atoms with Gasteiger partial charge in [-0.2, -0.15) is 0 Å². The number of benzene rings is 1. The third kappa shape index (κ3) is 4.67. The van der Waals surface area contributed by atoms with E-state index in [0.717, 1.165) is 22.8 Å². The summed E-state index contributed by atoms with van der Waals surface area (Å²) in [5, 5.41) is 45.9. The highest BCUT2D eigenvalue weighted by Crippen LogP contribution is 2.73. The predicted molar refractivity (Wildman–Crippen MR) is 176 cm³/mol. The second kappa shape index (κ2) is 10.7. The number of phenols is 2. The van der Waals surface area contributed by atoms with Crippen LogP contribution in [0.3, 0.4) is 0 Å². The maximum Gasteiger partial charge on any atom is 0.199 e. The third-order valence-corrected chi connectivity index (χ3v) is 11.6. The number of carbonyl (C=O) groups is 1. The van der Waals surface area contributed by atoms with Crippen molar-refractivity contribution in [1.29, 1.82) is 0 Å². The zero-order chi connectivity index (χ0) is 33.5. The van der Waals surface area contributed by atoms with Gasteiger partial charge in [0.25, 0.3) is 0 Å². The Morgan fingerprint density at radius 2 is 1.38 bits per heavy atom. The SMILES string of the molecule is CC(C)=CCC1CC23CC(CC=C(C)C)C(C)(C)C(CC=C(C)C)(C2=O)c2oc4cc(O)c(O)cc4c(=O)c2C3(O)CC1(C)O. The largest absolute Gasteiger partial charge is 0.504 e. The fourth-order valence-corrected chi connectivity index (χ4v) is 8.89. The van der Waals surface area contributed by atoms with E-state index in [-0.39, 0.29) is 59.2 Å². The van der Waals surface area contributed by atoms with Crippen molar-refractivity contribution in [3.05, 3.63) is 68.6 Å². The van der Waals surface area contributed by atoms with E-state index in [1.807, 2.05) is 47.6 Å². The van der Waals surface area contributed by atoms with E-state index in [1.165, 1.54) is 6.07 Å². The summed E-state index contributed by atoms with van der Waals surface area (Å²) in [6, 6.07) is 2.35. The summed E-state index contributed by atoms with van der Waals surface area (Å²) in [5.41, 5.74) is -4.10. The van der Waals surface area contributed by atoms with Crippen LogP contribution in [0.5, 0.6) is 11.5 Å². The lowest BCUT2D eigenvalue weighted by molar-refractivity contribution is -0.238. The minimum absolute atomic E-state index is 0.00242. The van der Waals surface area contributed by atoms with Gasteiger partial charge in [0.1, 0.15) is 16.9 Å². The molecule has 3 aliphatic carbocycles. The summed E-state index contributed by atoms with van der Waals surface area (Å²) < 4.78 is 6.60. The second-order valence-electron chi connectivity index (χ2n) is 15.7. The topological polar surface area (TPSA) is 128 Å². The predicted octanol–water partition coefficient (Wildman–Crippen LogP) is 7.47. The lowest BCUT2D eigenvalue weighted by atomic mass is 9.34. The number of allylic oxidation sites excluding steroid dienone is 6. The molecule has 6 atom stereocenters. The monoisotopic (exact) mass is 618 g/mol. The van der Waals surface area contributed by atoms with E-state index in [4.69, 9.17) is 4.42 Å². The number of ketones is 1. The summed E-state index contributed by atoms with van der Waals surface area (Å²) in [5.74, 6) is -1.39. The molecule has 3 aliphatic rings. The first-order valence-corrected chi connectivity index (χ1v) is 16.2. The molecule has 5 rings (SSSR count). The van der Waals surface area contributed by atoms with Crippen LogP contribution < -0.4 is 5.43 Å². The van der Waals surface area contributed by atoms with Crippen LogP contribution in [-0.2, 0) is 15.8 Å². The molecule has 7 nitrogen and oxygen atoms in total. The summed E-state index contributed by atoms with van der Waals surface area (Å²) in [7, 11) is 0. The van der Waals surface area contributed by atoms with Crippen LogP contribution in [0, 0.1) is 22.7 Å². The van der Waals surface area contributed by atoms with Gasteiger partial charge in [0.2, 0.25) is 0 Å². The van der Waals surface area contributed by atoms with Gasteiger partial charge in [0.15, 0.2) is 22.7 Å². The van der Waals surface area contributed by atoms with Crippen molar-refractivity contribution in [2.24, 2.45) is 22.7 Å². The number of hydrogen-bond acceptors (Lipinski definition) is 7. The van der Waals surface area contributed by atoms with Crippen LogP contribution in [0.1, 0.15) is 112 Å². The van der Waals surface area contributed by atoms with E-state index in [1.54, 1.807) is 6.92 Å². The average molecular weight is 619 g/mol. The second-order valence-corrected chi connectivity index (χ2v) is 15.7. The number of hydrogen-bond donors (Lipinski definition) is 4. The number of fused-ring (bicyclic) bond motifs is 5. The van der Waals surface area contributed by atoms with Crippen LogP contribution in [-0.4, -0.2) is 31.8 Å². The van der Waals surface area contributed by atoms with E-state index in [2.05, 4.69) is 26.0 Å². The molecule has 6 unspecified atom stereocenters. The molecule has 2 bridgehead atoms. The van der Waals surface area contributed by atoms with Gasteiger partial charge in [-0.25, -0.2) is 0 Å². The Morgan fingerprint density at radius 1 is 0.844 bits per heavy atom. The standard InChI is InChI=1S/C38H50O7/c1-21(2)10-12-24-18-36-19-25(13-11-22(3)4)35(9,43)20-38(36,44)30-31(41)26-16-27(39)28(40)17-29(26)45-32(30)37(33(36)42,34(24,7)8)15-14-23(5)6/h10-11,14,16-17,24-25,39-40,43-44H,12-13,15,18-20H2,1-9H3. The van der Waals surface area contributed by atoms with Gasteiger partial charge in [-0.1, -0.05) is 48.8 Å². The molecule has 1 heterocycles. The third-order valence-electron chi connectivity index (χ3n) is 11.6. The Labute approximate surface area is 266 Å². The normalized spacial score (nSPS) is 33.2. The number of carbonyl (C=O) groups excluding carboxylic acids is 1. The van der Waals surface area contributed by atoms with Gasteiger partial charge in [-0.05, 0) is 104 Å². The molecule has 2 fully saturated rings. The molecular weight excluding hydrogens is 568 g/mol. The number of aromatic hydroxyl groups is 2. The molecule has 7 heteroatoms. The number of rotatable bonds is 6. The molecule has 0 radical (unpaired) electrons. The highest BCUT2D eigenvalue weighted by atomic mass is 16.3. The first-order chi connectivity index (χ1) is 20.7. The Kier molecular flexibility index (Phi) is 7.90. The summed E-state index contributed by atoms with van der Waals surface area (Å²) in [6.07, 6.45) is 8.11. The molecule has 0 amide bonds. The van der Waals surface area contributed by atoms with Crippen LogP contribution in [0.15, 0.2) is 56.3 Å². The summed E-state index contributed by atoms with van der Waals surface area (Å²) in [6.45, 7) is 17.9. The van der Waals surface area contributed by atoms with Crippen LogP contribution in [0.2, 0.25) is 0 Å². The van der Waals surface area contributed by atoms with Gasteiger partial charge in [-0.15, -0.1) is 0 Å². The lowest BCUT2D eigenvalue weighted by Crippen LogP contribution is -2.75. The van der Waals surface area contributed by atoms with Gasteiger partial charge < -0.3 is 24.8 Å². The van der Waals surface area contributed by atoms with E-state index in [0.29, 0.717) is 19.3 Å². The maximum atomic E-state index is 15.7. The minimum Gasteiger partial charge on any atom is -0.504 e. The molecule has 244 valence electrons. The maximum absolute atomic E-state index is 15.7. The molecular formula is C38H50O7. The van der Waals surface area contributed by atoms with Crippen molar-refractivity contribution in [3.8, 4) is 11.5 Å². The van der Waals surface area contributed by atoms with E-state index < -0.39 is 44.4 Å². The zero-order valence-electron chi connectivity index (χ0n) is 28.3. The average Bonchev–Trinajstić information content (AvgIpc) is 2.90. The summed E-state index contributed by atoms with van der Waals surface area (Å²) in [4.78, 5) is 30.4. The van der Waals surface area contributed by atoms with Crippen molar-refractivity contribution in [1.82, 2.24) is 0 Å². The molecule has 2 aromatic rings. The molecule has 1 aromatic carbocycles. The molecule has 1 spiro atoms. The Balaban J connectivity index is 1.97. The quantitative estimate of drug-likeness (QED) is 0.195. The van der Waals surface area contributed by atoms with Gasteiger partial charge in [-0.3, -0.25) is 9.59 Å². The molecule has 0 aliphatic heterocycles. The molecule has 2 saturated carbocycles. The number of Topliss-reactive ketones (excluding diaryl/α,β-unsaturated/α-hetero) is 1. The van der Waals surface area contributed by atoms with Crippen molar-refractivity contribution in [2.75, 3.05) is 0 Å². The fraction of sp³-hybridized carbons (Fsp3) is 0.579. The number of aliphatic hydroxyl groups is 2. The number of phenolic OH excluding ortho intramolecular Hbond substituents is 2. The smallest absolute Gasteiger partial charge is 0.199 e. The highest BCUT2D eigenvalue weighted by molar-refractivity contribution is 6.01. The van der Waals surface area contributed by atoms with Crippen LogP contribution in [0.4, 0.5) is 0 Å². The molecule has 1 aromatic heterocycles. The van der Waals surface area contributed by atoms with E-state index >= 15 is 4.79 Å². The fourth-order valence-electron chi connectivity index (χ4n) is 8.89. The van der Waals surface area contributed by atoms with Crippen LogP contribution >= 0.6 is 0 Å². The zero-order valence-corrected chi connectivity index (χ0v) is 28.3. The lowest BCUT2D eigenvalue weighted by Gasteiger charge is -2.68. The highest BCUT2D eigenvalue weighted by Gasteiger charge is 2.78. The van der Waals surface area contributed by atoms with Crippen LogP contribution in [0.25, 0.3) is 11.0 Å². The van der Waals surface area contributed by atoms with Gasteiger partial charge >= 0.3 is 0 Å². The minimum atomic E-state index is -2.03. The van der Waals surface area contributed by atoms with E-state index in [9.17, 15) is 25.2 Å². The first-order valence-electron chi connectivity index (χ1n) is 16.2. The van der Waals surface area contributed by atoms with Gasteiger partial charge in [0.05, 0.1) is 27.4 Å². The Hall–Kier alpha value is -3.16. The first kappa shape index (κ1) is 33.2. The summed E-state index contributed by atoms with van der Waals surface area (Å²) >= 11 is 0. The molecule has 4 N–H and O–H groups in total. The molecule has 45 heavy (non-hydrogen) atoms. The Morgan fingerprint density at radius 3 is 1.96 bits per heavy atom.